The molecule has 3 N–H and O–H groups in total. The number of hydrogen-bond acceptors (Lipinski definition) is 7. The van der Waals surface area contributed by atoms with Crippen molar-refractivity contribution in [2.45, 2.75) is 38.3 Å². The Hall–Kier alpha value is -3.23. The average molecular weight is 429 g/mol. The number of aliphatic hydroxyl groups is 1. The van der Waals surface area contributed by atoms with Crippen LogP contribution in [0.5, 0.6) is 11.5 Å². The summed E-state index contributed by atoms with van der Waals surface area (Å²) in [7, 11) is 1.56. The van der Waals surface area contributed by atoms with Crippen molar-refractivity contribution in [1.82, 2.24) is 5.32 Å². The highest BCUT2D eigenvalue weighted by Crippen LogP contribution is 2.22. The number of ether oxygens (including phenoxy) is 2. The van der Waals surface area contributed by atoms with Crippen LogP contribution in [0.2, 0.25) is 0 Å². The molecule has 2 rings (SSSR count). The number of carboxylic acids is 1. The second kappa shape index (κ2) is 11.8. The number of carboxylic acid groups (broad SMARTS) is 1. The predicted molar refractivity (Wildman–Crippen MR) is 113 cm³/mol. The van der Waals surface area contributed by atoms with Crippen LogP contribution >= 0.6 is 0 Å². The van der Waals surface area contributed by atoms with Gasteiger partial charge in [-0.3, -0.25) is 19.7 Å². The van der Waals surface area contributed by atoms with E-state index in [2.05, 4.69) is 5.32 Å². The van der Waals surface area contributed by atoms with E-state index in [0.717, 1.165) is 11.1 Å². The predicted octanol–water partition coefficient (Wildman–Crippen LogP) is 2.29. The summed E-state index contributed by atoms with van der Waals surface area (Å²) in [5, 5.41) is 22.2. The van der Waals surface area contributed by atoms with Crippen LogP contribution in [0.3, 0.4) is 0 Å². The first-order valence-corrected chi connectivity index (χ1v) is 9.85. The molecule has 0 aliphatic rings. The molecule has 166 valence electrons. The number of ketones is 1. The second-order valence-electron chi connectivity index (χ2n) is 7.10. The first-order valence-electron chi connectivity index (χ1n) is 9.85. The Balaban J connectivity index is 2.07. The van der Waals surface area contributed by atoms with E-state index in [1.165, 1.54) is 6.92 Å². The normalized spacial score (nSPS) is 12.6. The van der Waals surface area contributed by atoms with E-state index in [0.29, 0.717) is 12.2 Å². The molecule has 8 heteroatoms. The molecule has 0 aliphatic heterocycles. The molecule has 0 heterocycles. The highest BCUT2D eigenvalue weighted by Gasteiger charge is 2.23. The van der Waals surface area contributed by atoms with Gasteiger partial charge in [0.1, 0.15) is 29.7 Å². The summed E-state index contributed by atoms with van der Waals surface area (Å²) in [5.41, 5.74) is 1.57. The first-order chi connectivity index (χ1) is 14.8. The monoisotopic (exact) mass is 429 g/mol. The molecule has 2 aromatic carbocycles. The maximum atomic E-state index is 11.8. The van der Waals surface area contributed by atoms with Gasteiger partial charge in [0.2, 0.25) is 0 Å². The lowest BCUT2D eigenvalue weighted by molar-refractivity contribution is -0.140. The van der Waals surface area contributed by atoms with Crippen LogP contribution in [0.1, 0.15) is 36.9 Å². The van der Waals surface area contributed by atoms with Gasteiger partial charge in [-0.1, -0.05) is 24.3 Å². The smallest absolute Gasteiger partial charge is 0.321 e. The number of nitrogens with one attached hydrogen (secondary N) is 1. The molecule has 0 aliphatic carbocycles. The lowest BCUT2D eigenvalue weighted by Crippen LogP contribution is -2.41. The van der Waals surface area contributed by atoms with Crippen molar-refractivity contribution >= 4 is 17.7 Å². The molecule has 0 spiro atoms. The standard InChI is InChI=1S/C23H27NO7/c1-15(26)13-22(27)31-19-7-3-16(4-8-19)14-21(23(28)29)24-20(11-12-25)17-5-9-18(30-2)10-6-17/h3-10,20-21,24-25H,11-14H2,1-2H3,(H,28,29). The zero-order valence-corrected chi connectivity index (χ0v) is 17.5. The highest BCUT2D eigenvalue weighted by molar-refractivity contribution is 5.94. The molecule has 0 saturated heterocycles. The summed E-state index contributed by atoms with van der Waals surface area (Å²) in [6.07, 6.45) is 0.237. The van der Waals surface area contributed by atoms with Crippen LogP contribution in [0.4, 0.5) is 0 Å². The summed E-state index contributed by atoms with van der Waals surface area (Å²) < 4.78 is 10.2. The van der Waals surface area contributed by atoms with Gasteiger partial charge in [0.15, 0.2) is 0 Å². The van der Waals surface area contributed by atoms with E-state index in [4.69, 9.17) is 9.47 Å². The van der Waals surface area contributed by atoms with Crippen molar-refractivity contribution in [1.29, 1.82) is 0 Å². The minimum atomic E-state index is -1.02. The number of esters is 1. The number of methoxy groups -OCH3 is 1. The molecule has 31 heavy (non-hydrogen) atoms. The lowest BCUT2D eigenvalue weighted by atomic mass is 10.00. The number of rotatable bonds is 12. The SMILES string of the molecule is COc1ccc(C(CCO)NC(Cc2ccc(OC(=O)CC(C)=O)cc2)C(=O)O)cc1. The molecule has 0 aromatic heterocycles. The fourth-order valence-corrected chi connectivity index (χ4v) is 3.07. The number of carbonyl (C=O) groups excluding carboxylic acids is 2. The van der Waals surface area contributed by atoms with Gasteiger partial charge >= 0.3 is 11.9 Å². The zero-order chi connectivity index (χ0) is 22.8. The van der Waals surface area contributed by atoms with Gasteiger partial charge in [0.05, 0.1) is 7.11 Å². The summed E-state index contributed by atoms with van der Waals surface area (Å²) in [4.78, 5) is 34.4. The highest BCUT2D eigenvalue weighted by atomic mass is 16.5. The van der Waals surface area contributed by atoms with Crippen LogP contribution in [0.15, 0.2) is 48.5 Å². The fourth-order valence-electron chi connectivity index (χ4n) is 3.07. The Morgan fingerprint density at radius 2 is 1.61 bits per heavy atom. The largest absolute Gasteiger partial charge is 0.497 e. The number of Topliss-reactive ketones (excluding diaryl/α,β-unsaturated/α-hetero) is 1. The van der Waals surface area contributed by atoms with Crippen molar-refractivity contribution in [3.05, 3.63) is 59.7 Å². The molecule has 2 atom stereocenters. The van der Waals surface area contributed by atoms with Crippen LogP contribution in [0.25, 0.3) is 0 Å². The third-order valence-corrected chi connectivity index (χ3v) is 4.62. The van der Waals surface area contributed by atoms with E-state index < -0.39 is 18.0 Å². The Morgan fingerprint density at radius 1 is 1.00 bits per heavy atom. The van der Waals surface area contributed by atoms with Gasteiger partial charge in [-0.05, 0) is 55.2 Å². The van der Waals surface area contributed by atoms with Crippen molar-refractivity contribution < 1.29 is 34.1 Å². The fraction of sp³-hybridized carbons (Fsp3) is 0.348. The number of aliphatic carboxylic acids is 1. The summed E-state index contributed by atoms with van der Waals surface area (Å²) in [6.45, 7) is 1.20. The van der Waals surface area contributed by atoms with Crippen molar-refractivity contribution in [3.63, 3.8) is 0 Å². The number of carbonyl (C=O) groups is 3. The van der Waals surface area contributed by atoms with Crippen LogP contribution in [-0.2, 0) is 20.8 Å². The summed E-state index contributed by atoms with van der Waals surface area (Å²) >= 11 is 0. The van der Waals surface area contributed by atoms with Gasteiger partial charge in [-0.15, -0.1) is 0 Å². The number of aliphatic hydroxyl groups excluding tert-OH is 1. The van der Waals surface area contributed by atoms with Crippen LogP contribution < -0.4 is 14.8 Å². The van der Waals surface area contributed by atoms with Crippen molar-refractivity contribution in [2.75, 3.05) is 13.7 Å². The lowest BCUT2D eigenvalue weighted by Gasteiger charge is -2.23. The number of hydrogen-bond donors (Lipinski definition) is 3. The van der Waals surface area contributed by atoms with E-state index in [9.17, 15) is 24.6 Å². The Morgan fingerprint density at radius 3 is 2.13 bits per heavy atom. The summed E-state index contributed by atoms with van der Waals surface area (Å²) in [5.74, 6) is -0.979. The Kier molecular flexibility index (Phi) is 9.17. The minimum Gasteiger partial charge on any atom is -0.497 e. The van der Waals surface area contributed by atoms with Gasteiger partial charge in [-0.2, -0.15) is 0 Å². The molecule has 8 nitrogen and oxygen atoms in total. The second-order valence-corrected chi connectivity index (χ2v) is 7.10. The van der Waals surface area contributed by atoms with Gasteiger partial charge < -0.3 is 19.7 Å². The van der Waals surface area contributed by atoms with E-state index in [-0.39, 0.29) is 37.0 Å². The van der Waals surface area contributed by atoms with Gasteiger partial charge in [0, 0.05) is 12.6 Å². The summed E-state index contributed by atoms with van der Waals surface area (Å²) in [6, 6.07) is 12.4. The molecule has 0 saturated carbocycles. The van der Waals surface area contributed by atoms with Crippen molar-refractivity contribution in [2.24, 2.45) is 0 Å². The molecule has 2 aromatic rings. The van der Waals surface area contributed by atoms with E-state index in [1.54, 1.807) is 43.5 Å². The third-order valence-electron chi connectivity index (χ3n) is 4.62. The van der Waals surface area contributed by atoms with E-state index >= 15 is 0 Å². The minimum absolute atomic E-state index is 0.101. The molecule has 0 amide bonds. The average Bonchev–Trinajstić information content (AvgIpc) is 2.73. The first kappa shape index (κ1) is 24.0. The molecule has 0 fully saturated rings. The molecule has 0 bridgehead atoms. The maximum Gasteiger partial charge on any atom is 0.321 e. The molecular formula is C23H27NO7. The quantitative estimate of drug-likeness (QED) is 0.267. The molecule has 2 unspecified atom stereocenters. The van der Waals surface area contributed by atoms with Gasteiger partial charge in [0.25, 0.3) is 0 Å². The third kappa shape index (κ3) is 7.84. The van der Waals surface area contributed by atoms with Crippen molar-refractivity contribution in [3.8, 4) is 11.5 Å². The topological polar surface area (TPSA) is 122 Å². The maximum absolute atomic E-state index is 11.8. The molecular weight excluding hydrogens is 402 g/mol. The number of benzene rings is 2. The molecule has 0 radical (unpaired) electrons. The Labute approximate surface area is 180 Å². The van der Waals surface area contributed by atoms with Crippen LogP contribution in [-0.4, -0.2) is 47.7 Å². The zero-order valence-electron chi connectivity index (χ0n) is 17.5. The Bertz CT molecular complexity index is 878. The van der Waals surface area contributed by atoms with E-state index in [1.807, 2.05) is 12.1 Å². The van der Waals surface area contributed by atoms with Crippen LogP contribution in [0, 0.1) is 0 Å². The van der Waals surface area contributed by atoms with Gasteiger partial charge in [-0.25, -0.2) is 0 Å².